The number of rotatable bonds is 5. The lowest BCUT2D eigenvalue weighted by Crippen LogP contribution is -2.40. The topological polar surface area (TPSA) is 71.8 Å². The Balaban J connectivity index is 0.00000312. The Bertz CT molecular complexity index is 596. The highest BCUT2D eigenvalue weighted by Crippen LogP contribution is 2.24. The Morgan fingerprint density at radius 2 is 2.24 bits per heavy atom. The Morgan fingerprint density at radius 1 is 1.52 bits per heavy atom. The van der Waals surface area contributed by atoms with Crippen molar-refractivity contribution in [1.29, 1.82) is 0 Å². The molecule has 1 aromatic heterocycles. The zero-order valence-electron chi connectivity index (χ0n) is 14.5. The molecule has 1 aliphatic rings. The maximum absolute atomic E-state index is 12.9. The second-order valence-electron chi connectivity index (χ2n) is 5.71. The first-order valence-corrected chi connectivity index (χ1v) is 7.88. The number of hydrogen-bond acceptors (Lipinski definition) is 4. The Hall–Kier alpha value is -1.46. The van der Waals surface area contributed by atoms with Crippen molar-refractivity contribution in [2.24, 2.45) is 16.8 Å². The van der Waals surface area contributed by atoms with Gasteiger partial charge in [0.05, 0.1) is 13.0 Å². The van der Waals surface area contributed by atoms with E-state index in [1.54, 1.807) is 0 Å². The van der Waals surface area contributed by atoms with Crippen LogP contribution in [0.3, 0.4) is 0 Å². The highest BCUT2D eigenvalue weighted by molar-refractivity contribution is 14.0. The molecule has 2 atom stereocenters. The summed E-state index contributed by atoms with van der Waals surface area (Å²) in [6, 6.07) is 0. The average molecular weight is 471 g/mol. The van der Waals surface area contributed by atoms with E-state index >= 15 is 0 Å². The fraction of sp³-hybridized carbons (Fsp3) is 0.667. The van der Waals surface area contributed by atoms with Crippen molar-refractivity contribution in [3.8, 4) is 0 Å². The number of likely N-dealkylation sites (tertiary alicyclic amines) is 1. The van der Waals surface area contributed by atoms with Crippen molar-refractivity contribution in [3.05, 3.63) is 18.2 Å². The van der Waals surface area contributed by atoms with E-state index in [1.165, 1.54) is 19.5 Å². The number of aliphatic imine (C=N–C) groups is 1. The third-order valence-corrected chi connectivity index (χ3v) is 4.08. The van der Waals surface area contributed by atoms with Crippen LogP contribution in [0.2, 0.25) is 0 Å². The van der Waals surface area contributed by atoms with Gasteiger partial charge < -0.3 is 15.0 Å². The number of aromatic nitrogens is 2. The molecule has 0 aliphatic carbocycles. The van der Waals surface area contributed by atoms with Crippen LogP contribution in [0.15, 0.2) is 17.4 Å². The van der Waals surface area contributed by atoms with E-state index in [0.717, 1.165) is 4.57 Å². The maximum Gasteiger partial charge on any atom is 0.319 e. The van der Waals surface area contributed by atoms with Gasteiger partial charge in [0.1, 0.15) is 12.4 Å². The third kappa shape index (κ3) is 5.25. The molecule has 7 nitrogen and oxygen atoms in total. The van der Waals surface area contributed by atoms with Crippen LogP contribution in [0.25, 0.3) is 0 Å². The van der Waals surface area contributed by atoms with Crippen LogP contribution >= 0.6 is 24.0 Å². The molecule has 2 unspecified atom stereocenters. The summed E-state index contributed by atoms with van der Waals surface area (Å²) in [7, 11) is 1.38. The largest absolute Gasteiger partial charge is 0.469 e. The van der Waals surface area contributed by atoms with Gasteiger partial charge in [-0.25, -0.2) is 9.98 Å². The van der Waals surface area contributed by atoms with E-state index in [-0.39, 0.29) is 54.2 Å². The summed E-state index contributed by atoms with van der Waals surface area (Å²) in [6.07, 6.45) is 2.56. The number of halogens is 3. The molecule has 2 heterocycles. The van der Waals surface area contributed by atoms with Gasteiger partial charge in [-0.15, -0.1) is 24.0 Å². The molecule has 2 rings (SSSR count). The van der Waals surface area contributed by atoms with Crippen molar-refractivity contribution < 1.29 is 18.3 Å². The van der Waals surface area contributed by atoms with Crippen molar-refractivity contribution in [2.45, 2.75) is 26.9 Å². The second kappa shape index (κ2) is 9.88. The molecule has 1 N–H and O–H groups in total. The second-order valence-corrected chi connectivity index (χ2v) is 5.71. The van der Waals surface area contributed by atoms with E-state index in [0.29, 0.717) is 25.6 Å². The number of alkyl halides is 2. The third-order valence-electron chi connectivity index (χ3n) is 4.08. The first-order chi connectivity index (χ1) is 11.5. The van der Waals surface area contributed by atoms with E-state index in [2.05, 4.69) is 15.3 Å². The molecular formula is C15H24F2IN5O2. The molecule has 0 spiro atoms. The average Bonchev–Trinajstić information content (AvgIpc) is 3.17. The number of carbonyl (C=O) groups excluding carboxylic acids is 1. The normalized spacial score (nSPS) is 20.6. The molecular weight excluding hydrogens is 447 g/mol. The van der Waals surface area contributed by atoms with Crippen LogP contribution < -0.4 is 5.32 Å². The van der Waals surface area contributed by atoms with Gasteiger partial charge in [-0.1, -0.05) is 6.92 Å². The summed E-state index contributed by atoms with van der Waals surface area (Å²) in [5.74, 6) is 0.442. The van der Waals surface area contributed by atoms with Gasteiger partial charge in [-0.05, 0) is 12.8 Å². The smallest absolute Gasteiger partial charge is 0.319 e. The maximum atomic E-state index is 12.9. The van der Waals surface area contributed by atoms with E-state index in [4.69, 9.17) is 4.74 Å². The molecule has 1 aromatic rings. The molecule has 25 heavy (non-hydrogen) atoms. The van der Waals surface area contributed by atoms with Gasteiger partial charge in [-0.3, -0.25) is 9.36 Å². The van der Waals surface area contributed by atoms with Gasteiger partial charge in [0.2, 0.25) is 0 Å². The van der Waals surface area contributed by atoms with E-state index in [9.17, 15) is 13.6 Å². The minimum absolute atomic E-state index is 0. The first-order valence-electron chi connectivity index (χ1n) is 7.88. The fourth-order valence-electron chi connectivity index (χ4n) is 2.81. The lowest BCUT2D eigenvalue weighted by molar-refractivity contribution is -0.145. The highest BCUT2D eigenvalue weighted by atomic mass is 127. The molecule has 10 heteroatoms. The zero-order valence-corrected chi connectivity index (χ0v) is 16.8. The van der Waals surface area contributed by atoms with E-state index < -0.39 is 6.55 Å². The molecule has 0 saturated carbocycles. The van der Waals surface area contributed by atoms with Crippen molar-refractivity contribution in [3.63, 3.8) is 0 Å². The van der Waals surface area contributed by atoms with Crippen molar-refractivity contribution in [2.75, 3.05) is 26.7 Å². The molecule has 1 aliphatic heterocycles. The summed E-state index contributed by atoms with van der Waals surface area (Å²) in [4.78, 5) is 22.1. The number of guanidine groups is 1. The van der Waals surface area contributed by atoms with E-state index in [1.807, 2.05) is 18.7 Å². The predicted molar refractivity (Wildman–Crippen MR) is 100.0 cm³/mol. The number of methoxy groups -OCH3 is 1. The lowest BCUT2D eigenvalue weighted by atomic mass is 9.99. The van der Waals surface area contributed by atoms with Gasteiger partial charge in [0.15, 0.2) is 5.96 Å². The number of ether oxygens (including phenoxy) is 1. The van der Waals surface area contributed by atoms with Crippen LogP contribution in [0, 0.1) is 11.8 Å². The minimum Gasteiger partial charge on any atom is -0.469 e. The van der Waals surface area contributed by atoms with Crippen LogP contribution in [0.5, 0.6) is 0 Å². The summed E-state index contributed by atoms with van der Waals surface area (Å²) in [6.45, 7) is 3.07. The first kappa shape index (κ1) is 21.6. The Kier molecular flexibility index (Phi) is 8.53. The quantitative estimate of drug-likeness (QED) is 0.308. The number of esters is 1. The highest BCUT2D eigenvalue weighted by Gasteiger charge is 2.36. The summed E-state index contributed by atoms with van der Waals surface area (Å²) < 4.78 is 31.3. The van der Waals surface area contributed by atoms with Crippen LogP contribution in [-0.2, 0) is 16.1 Å². The molecule has 1 saturated heterocycles. The predicted octanol–water partition coefficient (Wildman–Crippen LogP) is 2.10. The number of imidazole rings is 1. The Labute approximate surface area is 162 Å². The van der Waals surface area contributed by atoms with Gasteiger partial charge in [-0.2, -0.15) is 8.78 Å². The van der Waals surface area contributed by atoms with Crippen molar-refractivity contribution in [1.82, 2.24) is 19.8 Å². The molecule has 0 aromatic carbocycles. The van der Waals surface area contributed by atoms with Gasteiger partial charge >= 0.3 is 12.5 Å². The summed E-state index contributed by atoms with van der Waals surface area (Å²) in [5, 5.41) is 3.13. The lowest BCUT2D eigenvalue weighted by Gasteiger charge is -2.21. The fourth-order valence-corrected chi connectivity index (χ4v) is 2.81. The van der Waals surface area contributed by atoms with Crippen LogP contribution in [0.4, 0.5) is 8.78 Å². The molecule has 0 radical (unpaired) electrons. The number of nitrogens with zero attached hydrogens (tertiary/aromatic N) is 4. The van der Waals surface area contributed by atoms with Crippen LogP contribution in [-0.4, -0.2) is 53.1 Å². The number of carbonyl (C=O) groups is 1. The number of nitrogens with one attached hydrogen (secondary N) is 1. The monoisotopic (exact) mass is 471 g/mol. The molecule has 0 amide bonds. The van der Waals surface area contributed by atoms with Crippen molar-refractivity contribution >= 4 is 35.9 Å². The SMILES string of the molecule is CCNC(=NCc1nccn1C(F)F)N1CC(C)C(C(=O)OC)C1.I. The van der Waals surface area contributed by atoms with Crippen LogP contribution in [0.1, 0.15) is 26.2 Å². The standard InChI is InChI=1S/C15H23F2N5O2.HI/c1-4-18-15(20-7-12-19-5-6-22(12)14(16)17)21-8-10(2)11(9-21)13(23)24-3;/h5-6,10-11,14H,4,7-9H2,1-3H3,(H,18,20);1H. The van der Waals surface area contributed by atoms with Gasteiger partial charge in [0, 0.05) is 32.0 Å². The molecule has 0 bridgehead atoms. The Morgan fingerprint density at radius 3 is 2.84 bits per heavy atom. The summed E-state index contributed by atoms with van der Waals surface area (Å²) in [5.41, 5.74) is 0. The molecule has 1 fully saturated rings. The minimum atomic E-state index is -2.64. The molecule has 142 valence electrons. The van der Waals surface area contributed by atoms with Gasteiger partial charge in [0.25, 0.3) is 0 Å². The number of hydrogen-bond donors (Lipinski definition) is 1. The summed E-state index contributed by atoms with van der Waals surface area (Å²) >= 11 is 0. The zero-order chi connectivity index (χ0) is 17.7.